The van der Waals surface area contributed by atoms with Crippen molar-refractivity contribution in [1.82, 2.24) is 0 Å². The normalized spacial score (nSPS) is 15.9. The first-order chi connectivity index (χ1) is 9.72. The van der Waals surface area contributed by atoms with Gasteiger partial charge in [-0.2, -0.15) is 0 Å². The van der Waals surface area contributed by atoms with Crippen LogP contribution in [-0.2, 0) is 4.79 Å². The zero-order valence-electron chi connectivity index (χ0n) is 11.0. The number of aliphatic imine (C=N–C) groups is 1. The van der Waals surface area contributed by atoms with Gasteiger partial charge in [-0.3, -0.25) is 4.79 Å². The molecule has 0 unspecified atom stereocenters. The minimum Gasteiger partial charge on any atom is -0.456 e. The highest BCUT2D eigenvalue weighted by Crippen LogP contribution is 2.29. The van der Waals surface area contributed by atoms with Gasteiger partial charge in [-0.1, -0.05) is 18.2 Å². The fourth-order valence-corrected chi connectivity index (χ4v) is 2.07. The number of fused-ring (bicyclic) bond motifs is 1. The van der Waals surface area contributed by atoms with Crippen LogP contribution in [0.4, 0.5) is 0 Å². The number of hydrogen-bond donors (Lipinski definition) is 0. The molecule has 2 aliphatic rings. The number of amides is 1. The van der Waals surface area contributed by atoms with Crippen molar-refractivity contribution in [3.63, 3.8) is 0 Å². The maximum atomic E-state index is 10.9. The number of carbonyl (C=O) groups excluding carboxylic acids is 1. The third-order valence-corrected chi connectivity index (χ3v) is 2.99. The topological polar surface area (TPSA) is 38.7 Å². The van der Waals surface area contributed by atoms with Crippen LogP contribution in [-0.4, -0.2) is 11.6 Å². The third kappa shape index (κ3) is 2.52. The molecular formula is C17H13NO2. The second-order valence-electron chi connectivity index (χ2n) is 4.52. The van der Waals surface area contributed by atoms with Crippen molar-refractivity contribution < 1.29 is 9.53 Å². The van der Waals surface area contributed by atoms with Gasteiger partial charge in [-0.05, 0) is 42.5 Å². The first-order valence-electron chi connectivity index (χ1n) is 6.37. The zero-order valence-corrected chi connectivity index (χ0v) is 11.0. The summed E-state index contributed by atoms with van der Waals surface area (Å²) in [7, 11) is 0. The smallest absolute Gasteiger partial charge is 0.243 e. The van der Waals surface area contributed by atoms with E-state index in [9.17, 15) is 4.79 Å². The Kier molecular flexibility index (Phi) is 3.17. The number of carbonyl (C=O) groups is 1. The van der Waals surface area contributed by atoms with E-state index in [4.69, 9.17) is 4.74 Å². The molecule has 1 aliphatic carbocycles. The van der Waals surface area contributed by atoms with E-state index in [1.54, 1.807) is 12.2 Å². The van der Waals surface area contributed by atoms with Gasteiger partial charge in [0.2, 0.25) is 5.91 Å². The summed E-state index contributed by atoms with van der Waals surface area (Å²) < 4.78 is 5.87. The Morgan fingerprint density at radius 1 is 1.00 bits per heavy atom. The summed E-state index contributed by atoms with van der Waals surface area (Å²) in [5, 5.41) is 0. The summed E-state index contributed by atoms with van der Waals surface area (Å²) in [6.45, 7) is 1.44. The van der Waals surface area contributed by atoms with Crippen LogP contribution in [0, 0.1) is 0 Å². The van der Waals surface area contributed by atoms with Crippen LogP contribution in [0.2, 0.25) is 0 Å². The lowest BCUT2D eigenvalue weighted by Crippen LogP contribution is -2.04. The second kappa shape index (κ2) is 5.13. The molecule has 0 radical (unpaired) electrons. The van der Waals surface area contributed by atoms with Crippen molar-refractivity contribution in [2.45, 2.75) is 6.92 Å². The molecule has 98 valence electrons. The Balaban J connectivity index is 1.89. The molecule has 0 bridgehead atoms. The molecule has 1 heterocycles. The first-order valence-corrected chi connectivity index (χ1v) is 6.37. The molecule has 0 N–H and O–H groups in total. The third-order valence-electron chi connectivity index (χ3n) is 2.99. The molecule has 0 fully saturated rings. The number of nitrogens with zero attached hydrogens (tertiary/aromatic N) is 1. The van der Waals surface area contributed by atoms with Crippen LogP contribution >= 0.6 is 0 Å². The van der Waals surface area contributed by atoms with Crippen LogP contribution in [0.1, 0.15) is 12.5 Å². The molecule has 0 saturated heterocycles. The zero-order chi connectivity index (χ0) is 13.9. The SMILES string of the molecule is CC(=O)N=C1C=CC(=C2C=Cc3ccccc3O2)C=C1. The highest BCUT2D eigenvalue weighted by molar-refractivity contribution is 6.10. The van der Waals surface area contributed by atoms with E-state index >= 15 is 0 Å². The second-order valence-corrected chi connectivity index (χ2v) is 4.52. The molecule has 0 saturated carbocycles. The lowest BCUT2D eigenvalue weighted by molar-refractivity contribution is -0.115. The quantitative estimate of drug-likeness (QED) is 0.719. The molecule has 1 aliphatic heterocycles. The number of benzene rings is 1. The van der Waals surface area contributed by atoms with E-state index in [0.29, 0.717) is 5.71 Å². The molecule has 1 aromatic carbocycles. The number of rotatable bonds is 0. The largest absolute Gasteiger partial charge is 0.456 e. The molecule has 3 rings (SSSR count). The van der Waals surface area contributed by atoms with Gasteiger partial charge in [-0.25, -0.2) is 4.99 Å². The van der Waals surface area contributed by atoms with Crippen molar-refractivity contribution in [2.75, 3.05) is 0 Å². The van der Waals surface area contributed by atoms with Crippen molar-refractivity contribution in [3.8, 4) is 5.75 Å². The first kappa shape index (κ1) is 12.4. The number of hydrogen-bond acceptors (Lipinski definition) is 2. The maximum Gasteiger partial charge on any atom is 0.243 e. The summed E-state index contributed by atoms with van der Waals surface area (Å²) >= 11 is 0. The predicted molar refractivity (Wildman–Crippen MR) is 79.5 cm³/mol. The van der Waals surface area contributed by atoms with Crippen LogP contribution < -0.4 is 4.74 Å². The molecule has 0 spiro atoms. The fraction of sp³-hybridized carbons (Fsp3) is 0.0588. The number of para-hydroxylation sites is 1. The minimum atomic E-state index is -0.201. The van der Waals surface area contributed by atoms with E-state index in [1.165, 1.54) is 6.92 Å². The van der Waals surface area contributed by atoms with Crippen LogP contribution in [0.25, 0.3) is 6.08 Å². The summed E-state index contributed by atoms with van der Waals surface area (Å²) in [6, 6.07) is 7.88. The van der Waals surface area contributed by atoms with Gasteiger partial charge in [0.25, 0.3) is 0 Å². The predicted octanol–water partition coefficient (Wildman–Crippen LogP) is 3.46. The Morgan fingerprint density at radius 3 is 2.50 bits per heavy atom. The highest BCUT2D eigenvalue weighted by Gasteiger charge is 2.12. The number of ether oxygens (including phenoxy) is 1. The van der Waals surface area contributed by atoms with E-state index in [1.807, 2.05) is 48.6 Å². The molecule has 1 amide bonds. The van der Waals surface area contributed by atoms with Gasteiger partial charge in [0.05, 0.1) is 5.71 Å². The van der Waals surface area contributed by atoms with Crippen molar-refractivity contribution >= 4 is 17.7 Å². The summed E-state index contributed by atoms with van der Waals surface area (Å²) in [5.41, 5.74) is 2.68. The molecule has 3 heteroatoms. The Bertz CT molecular complexity index is 700. The molecular weight excluding hydrogens is 250 g/mol. The van der Waals surface area contributed by atoms with Gasteiger partial charge >= 0.3 is 0 Å². The number of allylic oxidation sites excluding steroid dienone is 6. The lowest BCUT2D eigenvalue weighted by atomic mass is 10.0. The molecule has 0 aromatic heterocycles. The van der Waals surface area contributed by atoms with Gasteiger partial charge < -0.3 is 4.74 Å². The Labute approximate surface area is 117 Å². The minimum absolute atomic E-state index is 0.201. The molecule has 1 aromatic rings. The van der Waals surface area contributed by atoms with E-state index < -0.39 is 0 Å². The Hall–Kier alpha value is -2.68. The summed E-state index contributed by atoms with van der Waals surface area (Å²) in [4.78, 5) is 14.8. The van der Waals surface area contributed by atoms with Gasteiger partial charge in [0, 0.05) is 18.1 Å². The van der Waals surface area contributed by atoms with Crippen molar-refractivity contribution in [2.24, 2.45) is 4.99 Å². The summed E-state index contributed by atoms with van der Waals surface area (Å²) in [5.74, 6) is 1.44. The van der Waals surface area contributed by atoms with Gasteiger partial charge in [0.15, 0.2) is 0 Å². The average molecular weight is 263 g/mol. The summed E-state index contributed by atoms with van der Waals surface area (Å²) in [6.07, 6.45) is 11.4. The van der Waals surface area contributed by atoms with E-state index in [2.05, 4.69) is 4.99 Å². The average Bonchev–Trinajstić information content (AvgIpc) is 2.47. The van der Waals surface area contributed by atoms with E-state index in [0.717, 1.165) is 22.6 Å². The van der Waals surface area contributed by atoms with Crippen LogP contribution in [0.15, 0.2) is 71.0 Å². The van der Waals surface area contributed by atoms with Crippen molar-refractivity contribution in [3.05, 3.63) is 71.5 Å². The molecule has 20 heavy (non-hydrogen) atoms. The fourth-order valence-electron chi connectivity index (χ4n) is 2.07. The Morgan fingerprint density at radius 2 is 1.75 bits per heavy atom. The van der Waals surface area contributed by atoms with E-state index in [-0.39, 0.29) is 5.91 Å². The van der Waals surface area contributed by atoms with Gasteiger partial charge in [0.1, 0.15) is 11.5 Å². The lowest BCUT2D eigenvalue weighted by Gasteiger charge is -2.16. The maximum absolute atomic E-state index is 10.9. The van der Waals surface area contributed by atoms with Gasteiger partial charge in [-0.15, -0.1) is 0 Å². The van der Waals surface area contributed by atoms with Crippen LogP contribution in [0.3, 0.4) is 0 Å². The molecule has 0 atom stereocenters. The monoisotopic (exact) mass is 263 g/mol. The van der Waals surface area contributed by atoms with Crippen LogP contribution in [0.5, 0.6) is 5.75 Å². The highest BCUT2D eigenvalue weighted by atomic mass is 16.5. The standard InChI is InChI=1S/C17H13NO2/c1-12(19)18-15-9-6-14(7-10-15)17-11-8-13-4-2-3-5-16(13)20-17/h2-11H,1H3. The molecule has 3 nitrogen and oxygen atoms in total. The van der Waals surface area contributed by atoms with Crippen molar-refractivity contribution in [1.29, 1.82) is 0 Å².